The van der Waals surface area contributed by atoms with Gasteiger partial charge in [0.05, 0.1) is 11.4 Å². The molecule has 0 saturated heterocycles. The predicted molar refractivity (Wildman–Crippen MR) is 78.1 cm³/mol. The summed E-state index contributed by atoms with van der Waals surface area (Å²) in [5, 5.41) is 12.7. The molecule has 0 unspecified atom stereocenters. The summed E-state index contributed by atoms with van der Waals surface area (Å²) in [4.78, 5) is 15.7. The topological polar surface area (TPSA) is 61.7 Å². The maximum atomic E-state index is 14.0. The number of nitrogens with one attached hydrogen (secondary N) is 1. The van der Waals surface area contributed by atoms with Crippen LogP contribution in [0.3, 0.4) is 0 Å². The number of aliphatic imine (C=N–C) groups is 1. The van der Waals surface area contributed by atoms with Crippen molar-refractivity contribution in [3.8, 4) is 0 Å². The molecule has 2 aromatic rings. The molecule has 0 saturated carbocycles. The van der Waals surface area contributed by atoms with Crippen LogP contribution < -0.4 is 5.32 Å². The average molecular weight is 305 g/mol. The number of hydrogen-bond acceptors (Lipinski definition) is 3. The summed E-state index contributed by atoms with van der Waals surface area (Å²) in [6, 6.07) is 10.8. The van der Waals surface area contributed by atoms with Crippen LogP contribution in [0.4, 0.5) is 10.1 Å². The van der Waals surface area contributed by atoms with Crippen LogP contribution in [0.25, 0.3) is 0 Å². The normalized spacial score (nSPS) is 17.6. The van der Waals surface area contributed by atoms with Crippen LogP contribution in [0.5, 0.6) is 0 Å². The molecule has 106 valence electrons. The van der Waals surface area contributed by atoms with Gasteiger partial charge in [-0.2, -0.15) is 0 Å². The van der Waals surface area contributed by atoms with Crippen molar-refractivity contribution >= 4 is 28.9 Å². The highest BCUT2D eigenvalue weighted by molar-refractivity contribution is 6.32. The number of benzodiazepines with no additional fused rings is 1. The van der Waals surface area contributed by atoms with Crippen LogP contribution >= 0.6 is 11.6 Å². The fraction of sp³-hybridized carbons (Fsp3) is 0.0667. The van der Waals surface area contributed by atoms with Gasteiger partial charge in [-0.1, -0.05) is 23.7 Å². The summed E-state index contributed by atoms with van der Waals surface area (Å²) in [5.41, 5.74) is 1.24. The average Bonchev–Trinajstić information content (AvgIpc) is 2.58. The molecule has 1 amide bonds. The zero-order chi connectivity index (χ0) is 15.0. The van der Waals surface area contributed by atoms with E-state index >= 15 is 0 Å². The quantitative estimate of drug-likeness (QED) is 0.850. The number of fused-ring (bicyclic) bond motifs is 1. The SMILES string of the molecule is O=C1Nc2ccc(Cl)cc2C(c2ccccc2F)=N[C@@H]1O. The van der Waals surface area contributed by atoms with E-state index in [-0.39, 0.29) is 11.3 Å². The van der Waals surface area contributed by atoms with Crippen molar-refractivity contribution in [2.24, 2.45) is 4.99 Å². The first kappa shape index (κ1) is 13.7. The molecule has 1 aliphatic heterocycles. The minimum atomic E-state index is -1.61. The highest BCUT2D eigenvalue weighted by atomic mass is 35.5. The number of hydrogen-bond donors (Lipinski definition) is 2. The number of aliphatic hydroxyl groups is 1. The van der Waals surface area contributed by atoms with Gasteiger partial charge in [0.15, 0.2) is 0 Å². The zero-order valence-corrected chi connectivity index (χ0v) is 11.4. The number of rotatable bonds is 1. The molecule has 0 aliphatic carbocycles. The standard InChI is InChI=1S/C15H10ClFN2O2/c16-8-5-6-12-10(7-8)13(19-15(21)14(20)18-12)9-3-1-2-4-11(9)17/h1-7,15,21H,(H,18,20)/t15-/m1/s1. The minimum absolute atomic E-state index is 0.177. The summed E-state index contributed by atoms with van der Waals surface area (Å²) >= 11 is 5.97. The monoisotopic (exact) mass is 304 g/mol. The number of amides is 1. The van der Waals surface area contributed by atoms with Crippen LogP contribution in [0.2, 0.25) is 5.02 Å². The third-order valence-corrected chi connectivity index (χ3v) is 3.34. The van der Waals surface area contributed by atoms with Crippen molar-refractivity contribution in [2.75, 3.05) is 5.32 Å². The van der Waals surface area contributed by atoms with E-state index in [4.69, 9.17) is 11.6 Å². The largest absolute Gasteiger partial charge is 0.364 e. The lowest BCUT2D eigenvalue weighted by Crippen LogP contribution is -2.24. The lowest BCUT2D eigenvalue weighted by atomic mass is 10.00. The Morgan fingerprint density at radius 3 is 2.71 bits per heavy atom. The molecular formula is C15H10ClFN2O2. The lowest BCUT2D eigenvalue weighted by molar-refractivity contribution is -0.123. The number of benzene rings is 2. The predicted octanol–water partition coefficient (Wildman–Crippen LogP) is 2.59. The van der Waals surface area contributed by atoms with Gasteiger partial charge < -0.3 is 10.4 Å². The molecule has 0 aromatic heterocycles. The van der Waals surface area contributed by atoms with Crippen LogP contribution in [-0.4, -0.2) is 23.0 Å². The Kier molecular flexibility index (Phi) is 3.45. The molecule has 1 aliphatic rings. The Morgan fingerprint density at radius 2 is 1.95 bits per heavy atom. The summed E-state index contributed by atoms with van der Waals surface area (Å²) in [7, 11) is 0. The van der Waals surface area contributed by atoms with Crippen LogP contribution in [0.1, 0.15) is 11.1 Å². The van der Waals surface area contributed by atoms with E-state index in [0.29, 0.717) is 16.3 Å². The Morgan fingerprint density at radius 1 is 1.19 bits per heavy atom. The van der Waals surface area contributed by atoms with Crippen molar-refractivity contribution in [1.82, 2.24) is 0 Å². The van der Waals surface area contributed by atoms with Crippen molar-refractivity contribution in [3.05, 3.63) is 64.4 Å². The van der Waals surface area contributed by atoms with Crippen LogP contribution in [0.15, 0.2) is 47.5 Å². The third-order valence-electron chi connectivity index (χ3n) is 3.11. The summed E-state index contributed by atoms with van der Waals surface area (Å²) < 4.78 is 14.0. The van der Waals surface area contributed by atoms with Gasteiger partial charge in [-0.15, -0.1) is 0 Å². The second-order valence-corrected chi connectivity index (χ2v) is 4.95. The fourth-order valence-electron chi connectivity index (χ4n) is 2.14. The second kappa shape index (κ2) is 5.27. The van der Waals surface area contributed by atoms with Gasteiger partial charge in [0.1, 0.15) is 5.82 Å². The summed E-state index contributed by atoms with van der Waals surface area (Å²) in [6.45, 7) is 0. The van der Waals surface area contributed by atoms with Crippen molar-refractivity contribution in [3.63, 3.8) is 0 Å². The molecule has 6 heteroatoms. The number of halogens is 2. The number of carbonyl (C=O) groups excluding carboxylic acids is 1. The molecule has 2 N–H and O–H groups in total. The van der Waals surface area contributed by atoms with E-state index in [1.54, 1.807) is 30.3 Å². The van der Waals surface area contributed by atoms with Crippen molar-refractivity contribution in [2.45, 2.75) is 6.23 Å². The van der Waals surface area contributed by atoms with Crippen LogP contribution in [-0.2, 0) is 4.79 Å². The molecule has 21 heavy (non-hydrogen) atoms. The Labute approximate surface area is 124 Å². The first-order valence-electron chi connectivity index (χ1n) is 6.18. The maximum absolute atomic E-state index is 14.0. The van der Waals surface area contributed by atoms with E-state index in [1.165, 1.54) is 12.1 Å². The molecular weight excluding hydrogens is 295 g/mol. The number of carbonyl (C=O) groups is 1. The van der Waals surface area contributed by atoms with Gasteiger partial charge in [0, 0.05) is 16.1 Å². The van der Waals surface area contributed by atoms with E-state index < -0.39 is 18.0 Å². The molecule has 0 radical (unpaired) electrons. The highest BCUT2D eigenvalue weighted by Crippen LogP contribution is 2.27. The van der Waals surface area contributed by atoms with E-state index in [0.717, 1.165) is 0 Å². The fourth-order valence-corrected chi connectivity index (χ4v) is 2.31. The molecule has 3 rings (SSSR count). The molecule has 1 heterocycles. The van der Waals surface area contributed by atoms with Gasteiger partial charge in [0.2, 0.25) is 6.23 Å². The Hall–Kier alpha value is -2.24. The first-order chi connectivity index (χ1) is 10.1. The minimum Gasteiger partial charge on any atom is -0.364 e. The van der Waals surface area contributed by atoms with Gasteiger partial charge in [-0.05, 0) is 30.3 Å². The first-order valence-corrected chi connectivity index (χ1v) is 6.55. The maximum Gasteiger partial charge on any atom is 0.276 e. The molecule has 0 bridgehead atoms. The van der Waals surface area contributed by atoms with E-state index in [2.05, 4.69) is 10.3 Å². The molecule has 4 nitrogen and oxygen atoms in total. The lowest BCUT2D eigenvalue weighted by Gasteiger charge is -2.10. The van der Waals surface area contributed by atoms with Gasteiger partial charge in [0.25, 0.3) is 5.91 Å². The third kappa shape index (κ3) is 2.53. The van der Waals surface area contributed by atoms with E-state index in [1.807, 2.05) is 0 Å². The van der Waals surface area contributed by atoms with Gasteiger partial charge in [-0.3, -0.25) is 4.79 Å². The van der Waals surface area contributed by atoms with Gasteiger partial charge in [-0.25, -0.2) is 9.38 Å². The Bertz CT molecular complexity index is 761. The number of aliphatic hydroxyl groups excluding tert-OH is 1. The second-order valence-electron chi connectivity index (χ2n) is 4.51. The van der Waals surface area contributed by atoms with Crippen LogP contribution in [0, 0.1) is 5.82 Å². The Balaban J connectivity index is 2.27. The molecule has 1 atom stereocenters. The zero-order valence-electron chi connectivity index (χ0n) is 10.7. The van der Waals surface area contributed by atoms with Gasteiger partial charge >= 0.3 is 0 Å². The molecule has 0 spiro atoms. The van der Waals surface area contributed by atoms with Crippen molar-refractivity contribution in [1.29, 1.82) is 0 Å². The molecule has 2 aromatic carbocycles. The number of anilines is 1. The van der Waals surface area contributed by atoms with Crippen molar-refractivity contribution < 1.29 is 14.3 Å². The van der Waals surface area contributed by atoms with E-state index in [9.17, 15) is 14.3 Å². The summed E-state index contributed by atoms with van der Waals surface area (Å²) in [6.07, 6.45) is -1.61. The summed E-state index contributed by atoms with van der Waals surface area (Å²) in [5.74, 6) is -1.17. The molecule has 0 fully saturated rings. The number of nitrogens with zero attached hydrogens (tertiary/aromatic N) is 1. The highest BCUT2D eigenvalue weighted by Gasteiger charge is 2.25. The smallest absolute Gasteiger partial charge is 0.276 e.